The molecule has 2 aliphatic rings. The molecule has 0 aliphatic carbocycles. The average Bonchev–Trinajstić information content (AvgIpc) is 3.34. The zero-order chi connectivity index (χ0) is 35.5. The number of benzene rings is 1. The minimum Gasteiger partial charge on any atom is -0.463 e. The standard InChI is InChI=1S/C33H43N3O12/c1-16(31(42)48-33(6,7)8)36-14-24-22(21-11-9-10-12-23(21)34-24)13-25(36)30(41)35-27-29(45-19(4)39)28(44-18(3)38)26(15-43-17(2)37)47-32(27)46-20(5)40/h9-12,16,25-29,32,34H,13-15H2,1-8H3,(H,35,41)/t16-,25-,26+,27+,28+,29+,32+/m0/s1. The molecule has 1 aromatic carbocycles. The number of fused-ring (bicyclic) bond motifs is 3. The predicted molar refractivity (Wildman–Crippen MR) is 167 cm³/mol. The van der Waals surface area contributed by atoms with Crippen molar-refractivity contribution >= 4 is 46.7 Å². The summed E-state index contributed by atoms with van der Waals surface area (Å²) in [5.74, 6) is -4.20. The SMILES string of the molecule is CC(=O)OC[C@H]1O[C@@H](OC(C)=O)[C@H](NC(=O)[C@@H]2Cc3c([nH]c4ccccc34)CN2[C@@H](C)C(=O)OC(C)(C)C)[C@@H](OC(C)=O)[C@@H]1OC(C)=O. The minimum absolute atomic E-state index is 0.171. The van der Waals surface area contributed by atoms with Crippen LogP contribution in [0.25, 0.3) is 10.9 Å². The van der Waals surface area contributed by atoms with E-state index in [1.807, 2.05) is 24.3 Å². The fourth-order valence-electron chi connectivity index (χ4n) is 5.98. The molecule has 3 heterocycles. The van der Waals surface area contributed by atoms with Gasteiger partial charge in [0.25, 0.3) is 0 Å². The number of para-hydroxylation sites is 1. The molecule has 0 radical (unpaired) electrons. The van der Waals surface area contributed by atoms with E-state index in [2.05, 4.69) is 10.3 Å². The van der Waals surface area contributed by atoms with Gasteiger partial charge in [-0.3, -0.25) is 33.7 Å². The van der Waals surface area contributed by atoms with Crippen LogP contribution in [0.2, 0.25) is 0 Å². The van der Waals surface area contributed by atoms with Gasteiger partial charge in [0.2, 0.25) is 12.2 Å². The quantitative estimate of drug-likeness (QED) is 0.290. The highest BCUT2D eigenvalue weighted by atomic mass is 16.7. The van der Waals surface area contributed by atoms with Crippen molar-refractivity contribution in [1.29, 1.82) is 0 Å². The number of carbonyl (C=O) groups excluding carboxylic acids is 6. The molecule has 262 valence electrons. The van der Waals surface area contributed by atoms with E-state index in [0.717, 1.165) is 49.9 Å². The lowest BCUT2D eigenvalue weighted by Gasteiger charge is -2.45. The van der Waals surface area contributed by atoms with E-state index in [-0.39, 0.29) is 13.0 Å². The van der Waals surface area contributed by atoms with Gasteiger partial charge in [-0.2, -0.15) is 0 Å². The molecule has 48 heavy (non-hydrogen) atoms. The monoisotopic (exact) mass is 673 g/mol. The van der Waals surface area contributed by atoms with Gasteiger partial charge >= 0.3 is 29.8 Å². The minimum atomic E-state index is -1.56. The first kappa shape index (κ1) is 36.3. The van der Waals surface area contributed by atoms with Crippen molar-refractivity contribution in [3.05, 3.63) is 35.5 Å². The van der Waals surface area contributed by atoms with E-state index in [4.69, 9.17) is 28.4 Å². The van der Waals surface area contributed by atoms with Crippen LogP contribution in [0.1, 0.15) is 66.6 Å². The summed E-state index contributed by atoms with van der Waals surface area (Å²) in [6, 6.07) is 4.37. The predicted octanol–water partition coefficient (Wildman–Crippen LogP) is 1.82. The summed E-state index contributed by atoms with van der Waals surface area (Å²) in [5, 5.41) is 3.72. The molecular formula is C33H43N3O12. The molecular weight excluding hydrogens is 630 g/mol. The number of amides is 1. The molecule has 1 aromatic heterocycles. The number of hydrogen-bond donors (Lipinski definition) is 2. The van der Waals surface area contributed by atoms with Gasteiger partial charge in [-0.25, -0.2) is 0 Å². The van der Waals surface area contributed by atoms with Gasteiger partial charge in [-0.05, 0) is 45.7 Å². The van der Waals surface area contributed by atoms with E-state index in [0.29, 0.717) is 0 Å². The lowest BCUT2D eigenvalue weighted by molar-refractivity contribution is -0.271. The van der Waals surface area contributed by atoms with Crippen LogP contribution in [0.5, 0.6) is 0 Å². The highest BCUT2D eigenvalue weighted by Crippen LogP contribution is 2.33. The van der Waals surface area contributed by atoms with Crippen LogP contribution in [-0.2, 0) is 70.2 Å². The number of H-pyrrole nitrogens is 1. The summed E-state index contributed by atoms with van der Waals surface area (Å²) >= 11 is 0. The third-order valence-corrected chi connectivity index (χ3v) is 7.88. The molecule has 2 aromatic rings. The van der Waals surface area contributed by atoms with Gasteiger partial charge in [0.1, 0.15) is 30.4 Å². The second-order valence-electron chi connectivity index (χ2n) is 12.9. The summed E-state index contributed by atoms with van der Waals surface area (Å²) in [6.07, 6.45) is -5.46. The van der Waals surface area contributed by atoms with E-state index in [1.165, 1.54) is 0 Å². The fraction of sp³-hybridized carbons (Fsp3) is 0.576. The largest absolute Gasteiger partial charge is 0.463 e. The number of carbonyl (C=O) groups is 6. The fourth-order valence-corrected chi connectivity index (χ4v) is 5.98. The van der Waals surface area contributed by atoms with Crippen LogP contribution < -0.4 is 5.32 Å². The Hall–Kier alpha value is -4.50. The average molecular weight is 674 g/mol. The maximum absolute atomic E-state index is 14.4. The number of nitrogens with zero attached hydrogens (tertiary/aromatic N) is 1. The number of nitrogens with one attached hydrogen (secondary N) is 2. The Balaban J connectivity index is 1.75. The zero-order valence-electron chi connectivity index (χ0n) is 28.3. The molecule has 2 aliphatic heterocycles. The number of aromatic amines is 1. The van der Waals surface area contributed by atoms with Crippen molar-refractivity contribution in [3.8, 4) is 0 Å². The third kappa shape index (κ3) is 8.69. The van der Waals surface area contributed by atoms with Crippen LogP contribution in [0.15, 0.2) is 24.3 Å². The van der Waals surface area contributed by atoms with Crippen LogP contribution >= 0.6 is 0 Å². The van der Waals surface area contributed by atoms with Gasteiger partial charge in [-0.15, -0.1) is 0 Å². The first-order valence-corrected chi connectivity index (χ1v) is 15.6. The molecule has 4 rings (SSSR count). The number of aromatic nitrogens is 1. The van der Waals surface area contributed by atoms with Gasteiger partial charge in [0.15, 0.2) is 12.2 Å². The van der Waals surface area contributed by atoms with E-state index in [1.54, 1.807) is 32.6 Å². The van der Waals surface area contributed by atoms with Crippen molar-refractivity contribution in [1.82, 2.24) is 15.2 Å². The normalized spacial score (nSPS) is 24.8. The number of esters is 5. The van der Waals surface area contributed by atoms with Gasteiger partial charge < -0.3 is 38.7 Å². The van der Waals surface area contributed by atoms with Crippen molar-refractivity contribution in [2.75, 3.05) is 6.61 Å². The van der Waals surface area contributed by atoms with Crippen LogP contribution in [0.3, 0.4) is 0 Å². The van der Waals surface area contributed by atoms with Crippen molar-refractivity contribution in [2.45, 2.75) is 117 Å². The molecule has 15 heteroatoms. The topological polar surface area (TPSA) is 189 Å². The second-order valence-corrected chi connectivity index (χ2v) is 12.9. The first-order valence-electron chi connectivity index (χ1n) is 15.6. The highest BCUT2D eigenvalue weighted by molar-refractivity contribution is 5.89. The molecule has 0 unspecified atom stereocenters. The summed E-state index contributed by atoms with van der Waals surface area (Å²) in [6.45, 7) is 11.1. The Morgan fingerprint density at radius 3 is 2.17 bits per heavy atom. The number of ether oxygens (including phenoxy) is 6. The molecule has 1 fully saturated rings. The maximum Gasteiger partial charge on any atom is 0.323 e. The second kappa shape index (κ2) is 14.7. The Labute approximate surface area is 277 Å². The molecule has 7 atom stereocenters. The van der Waals surface area contributed by atoms with Gasteiger partial charge in [0.05, 0.1) is 6.04 Å². The lowest BCUT2D eigenvalue weighted by Crippen LogP contribution is -2.68. The number of rotatable bonds is 9. The van der Waals surface area contributed by atoms with Crippen molar-refractivity contribution < 1.29 is 57.2 Å². The van der Waals surface area contributed by atoms with Crippen LogP contribution in [0.4, 0.5) is 0 Å². The summed E-state index contributed by atoms with van der Waals surface area (Å²) in [7, 11) is 0. The van der Waals surface area contributed by atoms with E-state index < -0.39 is 90.7 Å². The van der Waals surface area contributed by atoms with Gasteiger partial charge in [-0.1, -0.05) is 18.2 Å². The molecule has 1 saturated heterocycles. The van der Waals surface area contributed by atoms with E-state index in [9.17, 15) is 28.8 Å². The first-order chi connectivity index (χ1) is 22.4. The summed E-state index contributed by atoms with van der Waals surface area (Å²) in [5.41, 5.74) is 1.79. The van der Waals surface area contributed by atoms with Crippen molar-refractivity contribution in [2.24, 2.45) is 0 Å². The zero-order valence-corrected chi connectivity index (χ0v) is 28.3. The lowest BCUT2D eigenvalue weighted by atomic mass is 9.92. The smallest absolute Gasteiger partial charge is 0.323 e. The van der Waals surface area contributed by atoms with Gasteiger partial charge in [0, 0.05) is 50.8 Å². The van der Waals surface area contributed by atoms with Crippen molar-refractivity contribution in [3.63, 3.8) is 0 Å². The summed E-state index contributed by atoms with van der Waals surface area (Å²) in [4.78, 5) is 81.2. The van der Waals surface area contributed by atoms with Crippen LogP contribution in [-0.4, -0.2) is 101 Å². The number of hydrogen-bond acceptors (Lipinski definition) is 13. The Morgan fingerprint density at radius 1 is 0.938 bits per heavy atom. The molecule has 2 N–H and O–H groups in total. The maximum atomic E-state index is 14.4. The molecule has 1 amide bonds. The Kier molecular flexibility index (Phi) is 11.1. The van der Waals surface area contributed by atoms with E-state index >= 15 is 0 Å². The summed E-state index contributed by atoms with van der Waals surface area (Å²) < 4.78 is 33.2. The molecule has 0 saturated carbocycles. The molecule has 0 spiro atoms. The van der Waals surface area contributed by atoms with Crippen LogP contribution in [0, 0.1) is 0 Å². The Bertz CT molecular complexity index is 1560. The third-order valence-electron chi connectivity index (χ3n) is 7.88. The highest BCUT2D eigenvalue weighted by Gasteiger charge is 2.53. The Morgan fingerprint density at radius 2 is 1.56 bits per heavy atom. The molecule has 0 bridgehead atoms. The molecule has 15 nitrogen and oxygen atoms in total.